The van der Waals surface area contributed by atoms with Crippen LogP contribution in [0.3, 0.4) is 0 Å². The Bertz CT molecular complexity index is 1110. The minimum Gasteiger partial charge on any atom is -0.425 e. The number of ether oxygens (including phenoxy) is 2. The quantitative estimate of drug-likeness (QED) is 0.105. The first-order valence-corrected chi connectivity index (χ1v) is 12.9. The van der Waals surface area contributed by atoms with Gasteiger partial charge >= 0.3 is 11.9 Å². The molecule has 3 aromatic rings. The third-order valence-electron chi connectivity index (χ3n) is 5.79. The van der Waals surface area contributed by atoms with Crippen LogP contribution in [0.2, 0.25) is 0 Å². The highest BCUT2D eigenvalue weighted by molar-refractivity contribution is 9.10. The van der Waals surface area contributed by atoms with Gasteiger partial charge in [-0.2, -0.15) is 0 Å². The summed E-state index contributed by atoms with van der Waals surface area (Å²) in [6.45, 7) is 4.29. The van der Waals surface area contributed by atoms with Gasteiger partial charge in [-0.15, -0.1) is 0 Å². The van der Waals surface area contributed by atoms with E-state index in [1.807, 2.05) is 42.5 Å². The fraction of sp³-hybridized carbons (Fsp3) is 0.429. The Morgan fingerprint density at radius 2 is 1.15 bits per heavy atom. The molecule has 0 N–H and O–H groups in total. The molecule has 33 heavy (non-hydrogen) atoms. The van der Waals surface area contributed by atoms with Crippen molar-refractivity contribution in [1.29, 1.82) is 0 Å². The highest BCUT2D eigenvalue weighted by Crippen LogP contribution is 2.44. The van der Waals surface area contributed by atoms with E-state index in [2.05, 4.69) is 29.8 Å². The van der Waals surface area contributed by atoms with Gasteiger partial charge in [0.1, 0.15) is 11.5 Å². The number of fused-ring (bicyclic) bond motifs is 2. The molecule has 5 heteroatoms. The molecule has 3 aromatic carbocycles. The van der Waals surface area contributed by atoms with Gasteiger partial charge in [0, 0.05) is 38.9 Å². The van der Waals surface area contributed by atoms with E-state index in [1.54, 1.807) is 0 Å². The smallest absolute Gasteiger partial charge is 0.311 e. The fourth-order valence-electron chi connectivity index (χ4n) is 4.01. The van der Waals surface area contributed by atoms with Crippen molar-refractivity contribution in [2.45, 2.75) is 78.1 Å². The second-order valence-corrected chi connectivity index (χ2v) is 9.38. The summed E-state index contributed by atoms with van der Waals surface area (Å²) in [4.78, 5) is 25.3. The molecule has 0 amide bonds. The van der Waals surface area contributed by atoms with Crippen molar-refractivity contribution in [3.8, 4) is 11.5 Å². The van der Waals surface area contributed by atoms with Crippen molar-refractivity contribution in [2.75, 3.05) is 0 Å². The lowest BCUT2D eigenvalue weighted by Gasteiger charge is -2.17. The summed E-state index contributed by atoms with van der Waals surface area (Å²) in [6.07, 6.45) is 8.94. The van der Waals surface area contributed by atoms with E-state index in [9.17, 15) is 9.59 Å². The number of esters is 2. The Labute approximate surface area is 204 Å². The van der Waals surface area contributed by atoms with Crippen LogP contribution in [0.5, 0.6) is 11.5 Å². The molecular formula is C28H33BrO4. The highest BCUT2D eigenvalue weighted by atomic mass is 79.9. The third kappa shape index (κ3) is 6.80. The van der Waals surface area contributed by atoms with Crippen LogP contribution >= 0.6 is 15.9 Å². The van der Waals surface area contributed by atoms with E-state index in [0.717, 1.165) is 77.4 Å². The SMILES string of the molecule is CCCCCCC(=O)Oc1c2ccccc2c(OC(=O)CCCCCC)c2cc(Br)ccc12. The van der Waals surface area contributed by atoms with E-state index in [-0.39, 0.29) is 11.9 Å². The minimum absolute atomic E-state index is 0.235. The number of benzene rings is 3. The molecule has 0 atom stereocenters. The van der Waals surface area contributed by atoms with Crippen LogP contribution in [0, 0.1) is 0 Å². The zero-order chi connectivity index (χ0) is 23.6. The lowest BCUT2D eigenvalue weighted by Crippen LogP contribution is -2.10. The van der Waals surface area contributed by atoms with Crippen LogP contribution in [0.25, 0.3) is 21.5 Å². The summed E-state index contributed by atoms with van der Waals surface area (Å²) in [5, 5.41) is 3.04. The molecule has 0 saturated heterocycles. The number of unbranched alkanes of at least 4 members (excludes halogenated alkanes) is 6. The van der Waals surface area contributed by atoms with Gasteiger partial charge in [0.2, 0.25) is 0 Å². The topological polar surface area (TPSA) is 52.6 Å². The average molecular weight is 513 g/mol. The maximum Gasteiger partial charge on any atom is 0.311 e. The molecule has 0 heterocycles. The molecule has 0 bridgehead atoms. The first-order valence-electron chi connectivity index (χ1n) is 12.1. The van der Waals surface area contributed by atoms with Gasteiger partial charge in [-0.05, 0) is 31.0 Å². The third-order valence-corrected chi connectivity index (χ3v) is 6.28. The van der Waals surface area contributed by atoms with Gasteiger partial charge < -0.3 is 9.47 Å². The molecule has 176 valence electrons. The van der Waals surface area contributed by atoms with Crippen LogP contribution in [0.15, 0.2) is 46.9 Å². The molecule has 0 spiro atoms. The van der Waals surface area contributed by atoms with E-state index in [0.29, 0.717) is 24.3 Å². The highest BCUT2D eigenvalue weighted by Gasteiger charge is 2.20. The Morgan fingerprint density at radius 3 is 1.67 bits per heavy atom. The fourth-order valence-corrected chi connectivity index (χ4v) is 4.37. The molecule has 0 saturated carbocycles. The summed E-state index contributed by atoms with van der Waals surface area (Å²) in [5.74, 6) is 0.570. The van der Waals surface area contributed by atoms with E-state index in [4.69, 9.17) is 9.47 Å². The minimum atomic E-state index is -0.238. The Balaban J connectivity index is 1.97. The number of carbonyl (C=O) groups excluding carboxylic acids is 2. The zero-order valence-corrected chi connectivity index (χ0v) is 21.2. The predicted molar refractivity (Wildman–Crippen MR) is 138 cm³/mol. The van der Waals surface area contributed by atoms with Gasteiger partial charge in [-0.1, -0.05) is 92.6 Å². The molecule has 0 fully saturated rings. The summed E-state index contributed by atoms with van der Waals surface area (Å²) in [6, 6.07) is 13.4. The lowest BCUT2D eigenvalue weighted by atomic mass is 10.0. The Hall–Kier alpha value is -2.40. The second-order valence-electron chi connectivity index (χ2n) is 8.46. The van der Waals surface area contributed by atoms with Crippen molar-refractivity contribution in [3.63, 3.8) is 0 Å². The van der Waals surface area contributed by atoms with Crippen LogP contribution < -0.4 is 9.47 Å². The van der Waals surface area contributed by atoms with Crippen LogP contribution in [0.4, 0.5) is 0 Å². The molecule has 3 rings (SSSR count). The van der Waals surface area contributed by atoms with Gasteiger partial charge in [0.25, 0.3) is 0 Å². The molecule has 0 aliphatic rings. The zero-order valence-electron chi connectivity index (χ0n) is 19.6. The standard InChI is InChI=1S/C28H33BrO4/c1-3-5-7-9-15-25(30)32-27-21-13-11-12-14-22(21)28(24-19-20(29)17-18-23(24)27)33-26(31)16-10-8-6-4-2/h11-14,17-19H,3-10,15-16H2,1-2H3. The summed E-state index contributed by atoms with van der Waals surface area (Å²) in [7, 11) is 0. The van der Waals surface area contributed by atoms with E-state index < -0.39 is 0 Å². The maximum atomic E-state index is 12.7. The van der Waals surface area contributed by atoms with Crippen molar-refractivity contribution in [3.05, 3.63) is 46.9 Å². The van der Waals surface area contributed by atoms with Crippen LogP contribution in [-0.2, 0) is 9.59 Å². The molecule has 0 aliphatic heterocycles. The summed E-state index contributed by atoms with van der Waals surface area (Å²) >= 11 is 3.53. The van der Waals surface area contributed by atoms with E-state index >= 15 is 0 Å². The molecule has 0 aromatic heterocycles. The van der Waals surface area contributed by atoms with Crippen LogP contribution in [0.1, 0.15) is 78.1 Å². The number of rotatable bonds is 12. The second kappa shape index (κ2) is 12.7. The van der Waals surface area contributed by atoms with Gasteiger partial charge in [0.05, 0.1) is 0 Å². The van der Waals surface area contributed by atoms with Crippen molar-refractivity contribution < 1.29 is 19.1 Å². The first kappa shape index (κ1) is 25.2. The molecule has 0 aliphatic carbocycles. The van der Waals surface area contributed by atoms with E-state index in [1.165, 1.54) is 0 Å². The summed E-state index contributed by atoms with van der Waals surface area (Å²) < 4.78 is 12.7. The molecule has 4 nitrogen and oxygen atoms in total. The van der Waals surface area contributed by atoms with Crippen molar-refractivity contribution >= 4 is 49.4 Å². The van der Waals surface area contributed by atoms with Gasteiger partial charge in [0.15, 0.2) is 0 Å². The lowest BCUT2D eigenvalue weighted by molar-refractivity contribution is -0.135. The Morgan fingerprint density at radius 1 is 0.667 bits per heavy atom. The first-order chi connectivity index (χ1) is 16.0. The van der Waals surface area contributed by atoms with Gasteiger partial charge in [-0.3, -0.25) is 9.59 Å². The average Bonchev–Trinajstić information content (AvgIpc) is 2.81. The normalized spacial score (nSPS) is 11.1. The van der Waals surface area contributed by atoms with Crippen molar-refractivity contribution in [2.24, 2.45) is 0 Å². The number of carbonyl (C=O) groups is 2. The molecule has 0 unspecified atom stereocenters. The summed E-state index contributed by atoms with van der Waals surface area (Å²) in [5.41, 5.74) is 0. The van der Waals surface area contributed by atoms with Gasteiger partial charge in [-0.25, -0.2) is 0 Å². The number of hydrogen-bond donors (Lipinski definition) is 0. The predicted octanol–water partition coefficient (Wildman–Crippen LogP) is 8.51. The monoisotopic (exact) mass is 512 g/mol. The maximum absolute atomic E-state index is 12.7. The number of hydrogen-bond acceptors (Lipinski definition) is 4. The Kier molecular flexibility index (Phi) is 9.74. The largest absolute Gasteiger partial charge is 0.425 e. The number of halogens is 1. The molecular weight excluding hydrogens is 480 g/mol. The molecule has 0 radical (unpaired) electrons. The van der Waals surface area contributed by atoms with Crippen LogP contribution in [-0.4, -0.2) is 11.9 Å². The van der Waals surface area contributed by atoms with Crippen molar-refractivity contribution in [1.82, 2.24) is 0 Å².